The van der Waals surface area contributed by atoms with Crippen molar-refractivity contribution in [3.63, 3.8) is 0 Å². The zero-order chi connectivity index (χ0) is 22.2. The van der Waals surface area contributed by atoms with Gasteiger partial charge in [-0.05, 0) is 18.4 Å². The quantitative estimate of drug-likeness (QED) is 0.545. The second kappa shape index (κ2) is 10.8. The number of sulfone groups is 1. The molecule has 30 heavy (non-hydrogen) atoms. The SMILES string of the molecule is CCCC[C@](CC)(C(=O)OC1CCN(C(=O)OCc2ccccc2)CC1)S(C)(=O)=O. The molecule has 1 aromatic carbocycles. The summed E-state index contributed by atoms with van der Waals surface area (Å²) in [7, 11) is -3.62. The fraction of sp³-hybridized carbons (Fsp3) is 0.636. The number of carbonyl (C=O) groups is 2. The molecule has 0 radical (unpaired) electrons. The predicted octanol–water partition coefficient (Wildman–Crippen LogP) is 3.71. The highest BCUT2D eigenvalue weighted by atomic mass is 32.2. The number of carbonyl (C=O) groups excluding carboxylic acids is 2. The lowest BCUT2D eigenvalue weighted by molar-refractivity contribution is -0.154. The van der Waals surface area contributed by atoms with E-state index < -0.39 is 32.8 Å². The van der Waals surface area contributed by atoms with Crippen molar-refractivity contribution in [2.45, 2.75) is 69.8 Å². The summed E-state index contributed by atoms with van der Waals surface area (Å²) >= 11 is 0. The van der Waals surface area contributed by atoms with Gasteiger partial charge in [0.2, 0.25) is 0 Å². The Morgan fingerprint density at radius 1 is 1.13 bits per heavy atom. The monoisotopic (exact) mass is 439 g/mol. The van der Waals surface area contributed by atoms with E-state index in [-0.39, 0.29) is 19.4 Å². The minimum Gasteiger partial charge on any atom is -0.461 e. The molecule has 1 heterocycles. The second-order valence-corrected chi connectivity index (χ2v) is 10.2. The van der Waals surface area contributed by atoms with Crippen LogP contribution in [0, 0.1) is 0 Å². The molecular formula is C22H33NO6S. The van der Waals surface area contributed by atoms with Crippen LogP contribution in [0.2, 0.25) is 0 Å². The van der Waals surface area contributed by atoms with Gasteiger partial charge in [-0.3, -0.25) is 4.79 Å². The number of ether oxygens (including phenoxy) is 2. The molecule has 1 aliphatic rings. The Kier molecular flexibility index (Phi) is 8.70. The molecule has 0 aliphatic carbocycles. The summed E-state index contributed by atoms with van der Waals surface area (Å²) in [5, 5.41) is 0. The van der Waals surface area contributed by atoms with E-state index >= 15 is 0 Å². The first-order chi connectivity index (χ1) is 14.2. The van der Waals surface area contributed by atoms with Crippen LogP contribution >= 0.6 is 0 Å². The smallest absolute Gasteiger partial charge is 0.410 e. The lowest BCUT2D eigenvalue weighted by atomic mass is 9.98. The average Bonchev–Trinajstić information content (AvgIpc) is 2.73. The van der Waals surface area contributed by atoms with Gasteiger partial charge in [-0.1, -0.05) is 57.0 Å². The number of nitrogens with zero attached hydrogens (tertiary/aromatic N) is 1. The fourth-order valence-electron chi connectivity index (χ4n) is 3.71. The molecular weight excluding hydrogens is 406 g/mol. The molecule has 1 saturated heterocycles. The summed E-state index contributed by atoms with van der Waals surface area (Å²) in [4.78, 5) is 26.7. The normalized spacial score (nSPS) is 17.2. The zero-order valence-electron chi connectivity index (χ0n) is 18.1. The third kappa shape index (κ3) is 5.97. The third-order valence-electron chi connectivity index (χ3n) is 5.77. The van der Waals surface area contributed by atoms with Crippen LogP contribution < -0.4 is 0 Å². The second-order valence-electron chi connectivity index (χ2n) is 7.86. The Morgan fingerprint density at radius 3 is 2.30 bits per heavy atom. The van der Waals surface area contributed by atoms with Gasteiger partial charge in [-0.25, -0.2) is 13.2 Å². The standard InChI is InChI=1S/C22H33NO6S/c1-4-6-14-22(5-2,30(3,26)27)20(24)29-19-12-15-23(16-13-19)21(25)28-17-18-10-8-7-9-11-18/h7-11,19H,4-6,12-17H2,1-3H3/t22-/m1/s1. The summed E-state index contributed by atoms with van der Waals surface area (Å²) in [6.07, 6.45) is 3.13. The number of esters is 1. The molecule has 1 aromatic rings. The predicted molar refractivity (Wildman–Crippen MR) is 115 cm³/mol. The van der Waals surface area contributed by atoms with Gasteiger partial charge in [-0.15, -0.1) is 0 Å². The van der Waals surface area contributed by atoms with Crippen LogP contribution in [-0.4, -0.2) is 55.6 Å². The molecule has 0 N–H and O–H groups in total. The van der Waals surface area contributed by atoms with E-state index in [1.54, 1.807) is 11.8 Å². The number of piperidine rings is 1. The summed E-state index contributed by atoms with van der Waals surface area (Å²) in [6, 6.07) is 9.45. The number of amides is 1. The van der Waals surface area contributed by atoms with E-state index in [1.165, 1.54) is 0 Å². The Hall–Kier alpha value is -2.09. The number of likely N-dealkylation sites (tertiary alicyclic amines) is 1. The molecule has 1 fully saturated rings. The Balaban J connectivity index is 1.89. The molecule has 0 bridgehead atoms. The Labute approximate surface area is 179 Å². The van der Waals surface area contributed by atoms with E-state index in [9.17, 15) is 18.0 Å². The van der Waals surface area contributed by atoms with Gasteiger partial charge in [0.05, 0.1) is 0 Å². The highest BCUT2D eigenvalue weighted by molar-refractivity contribution is 7.92. The van der Waals surface area contributed by atoms with Crippen molar-refractivity contribution in [2.24, 2.45) is 0 Å². The van der Waals surface area contributed by atoms with Crippen LogP contribution in [0.15, 0.2) is 30.3 Å². The van der Waals surface area contributed by atoms with E-state index in [1.807, 2.05) is 37.3 Å². The molecule has 8 heteroatoms. The highest BCUT2D eigenvalue weighted by Crippen LogP contribution is 2.31. The van der Waals surface area contributed by atoms with Crippen molar-refractivity contribution in [1.82, 2.24) is 4.90 Å². The first-order valence-electron chi connectivity index (χ1n) is 10.6. The number of rotatable bonds is 9. The topological polar surface area (TPSA) is 90.0 Å². The first kappa shape index (κ1) is 24.2. The largest absolute Gasteiger partial charge is 0.461 e. The Bertz CT molecular complexity index is 802. The summed E-state index contributed by atoms with van der Waals surface area (Å²) in [5.41, 5.74) is 0.915. The van der Waals surface area contributed by atoms with Crippen molar-refractivity contribution < 1.29 is 27.5 Å². The maximum absolute atomic E-state index is 12.9. The lowest BCUT2D eigenvalue weighted by Crippen LogP contribution is -2.49. The van der Waals surface area contributed by atoms with Gasteiger partial charge in [0.15, 0.2) is 14.6 Å². The van der Waals surface area contributed by atoms with Gasteiger partial charge < -0.3 is 14.4 Å². The average molecular weight is 440 g/mol. The first-order valence-corrected chi connectivity index (χ1v) is 12.5. The van der Waals surface area contributed by atoms with Crippen molar-refractivity contribution in [3.05, 3.63) is 35.9 Å². The van der Waals surface area contributed by atoms with Crippen molar-refractivity contribution in [2.75, 3.05) is 19.3 Å². The van der Waals surface area contributed by atoms with Crippen molar-refractivity contribution >= 4 is 21.9 Å². The van der Waals surface area contributed by atoms with Crippen LogP contribution in [0.1, 0.15) is 57.9 Å². The van der Waals surface area contributed by atoms with Crippen LogP contribution in [-0.2, 0) is 30.7 Å². The zero-order valence-corrected chi connectivity index (χ0v) is 18.9. The molecule has 1 atom stereocenters. The molecule has 0 unspecified atom stereocenters. The number of unbranched alkanes of at least 4 members (excludes halogenated alkanes) is 1. The minimum atomic E-state index is -3.62. The maximum Gasteiger partial charge on any atom is 0.410 e. The van der Waals surface area contributed by atoms with E-state index in [2.05, 4.69) is 0 Å². The molecule has 7 nitrogen and oxygen atoms in total. The van der Waals surface area contributed by atoms with Crippen LogP contribution in [0.4, 0.5) is 4.79 Å². The van der Waals surface area contributed by atoms with Gasteiger partial charge in [0.25, 0.3) is 0 Å². The lowest BCUT2D eigenvalue weighted by Gasteiger charge is -2.34. The van der Waals surface area contributed by atoms with Gasteiger partial charge in [-0.2, -0.15) is 0 Å². The molecule has 1 aliphatic heterocycles. The van der Waals surface area contributed by atoms with E-state index in [4.69, 9.17) is 9.47 Å². The van der Waals surface area contributed by atoms with Gasteiger partial charge in [0, 0.05) is 32.2 Å². The highest BCUT2D eigenvalue weighted by Gasteiger charge is 2.48. The molecule has 2 rings (SSSR count). The third-order valence-corrected chi connectivity index (χ3v) is 7.85. The van der Waals surface area contributed by atoms with E-state index in [0.29, 0.717) is 32.4 Å². The van der Waals surface area contributed by atoms with E-state index in [0.717, 1.165) is 18.2 Å². The Morgan fingerprint density at radius 2 is 1.77 bits per heavy atom. The molecule has 0 saturated carbocycles. The van der Waals surface area contributed by atoms with Crippen molar-refractivity contribution in [1.29, 1.82) is 0 Å². The molecule has 168 valence electrons. The minimum absolute atomic E-state index is 0.190. The summed E-state index contributed by atoms with van der Waals surface area (Å²) < 4.78 is 34.4. The number of hydrogen-bond donors (Lipinski definition) is 0. The van der Waals surface area contributed by atoms with Gasteiger partial charge in [0.1, 0.15) is 12.7 Å². The fourth-order valence-corrected chi connectivity index (χ4v) is 5.10. The summed E-state index contributed by atoms with van der Waals surface area (Å²) in [6.45, 7) is 4.68. The number of hydrogen-bond acceptors (Lipinski definition) is 6. The van der Waals surface area contributed by atoms with Crippen LogP contribution in [0.25, 0.3) is 0 Å². The summed E-state index contributed by atoms with van der Waals surface area (Å²) in [5.74, 6) is -0.661. The maximum atomic E-state index is 12.9. The number of benzene rings is 1. The van der Waals surface area contributed by atoms with Gasteiger partial charge >= 0.3 is 12.1 Å². The molecule has 0 aromatic heterocycles. The van der Waals surface area contributed by atoms with Crippen LogP contribution in [0.3, 0.4) is 0 Å². The van der Waals surface area contributed by atoms with Crippen molar-refractivity contribution in [3.8, 4) is 0 Å². The molecule has 1 amide bonds. The van der Waals surface area contributed by atoms with Crippen LogP contribution in [0.5, 0.6) is 0 Å². The molecule has 0 spiro atoms.